The van der Waals surface area contributed by atoms with Gasteiger partial charge in [0.05, 0.1) is 6.20 Å². The number of hydrogen-bond donors (Lipinski definition) is 2. The summed E-state index contributed by atoms with van der Waals surface area (Å²) in [5.74, 6) is 0.0618. The SMILES string of the molecule is O=S(=O)(NCCc1ccc(OC(F)F)cc1)c1ccn[nH]1. The Morgan fingerprint density at radius 1 is 1.24 bits per heavy atom. The van der Waals surface area contributed by atoms with Crippen molar-refractivity contribution in [3.05, 3.63) is 42.1 Å². The molecule has 0 aliphatic carbocycles. The highest BCUT2D eigenvalue weighted by Crippen LogP contribution is 2.15. The van der Waals surface area contributed by atoms with Crippen LogP contribution in [0.3, 0.4) is 0 Å². The summed E-state index contributed by atoms with van der Waals surface area (Å²) in [4.78, 5) is 0. The van der Waals surface area contributed by atoms with Gasteiger partial charge in [0, 0.05) is 6.54 Å². The number of hydrogen-bond acceptors (Lipinski definition) is 4. The molecule has 1 aromatic carbocycles. The van der Waals surface area contributed by atoms with E-state index in [0.29, 0.717) is 6.42 Å². The minimum atomic E-state index is -3.60. The standard InChI is InChI=1S/C12H13F2N3O3S/c13-12(14)20-10-3-1-9(2-4-10)5-8-16-21(18,19)11-6-7-15-17-11/h1-4,6-7,12,16H,5,8H2,(H,15,17). The van der Waals surface area contributed by atoms with Crippen LogP contribution in [-0.4, -0.2) is 31.8 Å². The van der Waals surface area contributed by atoms with Crippen LogP contribution >= 0.6 is 0 Å². The number of benzene rings is 1. The monoisotopic (exact) mass is 317 g/mol. The Kier molecular flexibility index (Phi) is 4.86. The lowest BCUT2D eigenvalue weighted by molar-refractivity contribution is -0.0498. The van der Waals surface area contributed by atoms with Gasteiger partial charge in [0.15, 0.2) is 5.03 Å². The second-order valence-electron chi connectivity index (χ2n) is 4.09. The number of sulfonamides is 1. The van der Waals surface area contributed by atoms with Crippen LogP contribution in [-0.2, 0) is 16.4 Å². The van der Waals surface area contributed by atoms with Crippen molar-refractivity contribution in [2.45, 2.75) is 18.1 Å². The first-order valence-corrected chi connectivity index (χ1v) is 7.48. The zero-order valence-corrected chi connectivity index (χ0v) is 11.6. The lowest BCUT2D eigenvalue weighted by atomic mass is 10.1. The molecule has 2 rings (SSSR count). The van der Waals surface area contributed by atoms with Crippen LogP contribution in [0.15, 0.2) is 41.6 Å². The van der Waals surface area contributed by atoms with Gasteiger partial charge in [-0.2, -0.15) is 13.9 Å². The molecule has 0 saturated heterocycles. The predicted octanol–water partition coefficient (Wildman–Crippen LogP) is 1.53. The lowest BCUT2D eigenvalue weighted by Crippen LogP contribution is -2.26. The Bertz CT molecular complexity index is 658. The Morgan fingerprint density at radius 2 is 1.95 bits per heavy atom. The van der Waals surface area contributed by atoms with E-state index in [4.69, 9.17) is 0 Å². The maximum Gasteiger partial charge on any atom is 0.387 e. The molecule has 114 valence electrons. The van der Waals surface area contributed by atoms with Gasteiger partial charge in [0.2, 0.25) is 0 Å². The van der Waals surface area contributed by atoms with Crippen LogP contribution in [0.4, 0.5) is 8.78 Å². The second-order valence-corrected chi connectivity index (χ2v) is 5.83. The van der Waals surface area contributed by atoms with Crippen molar-refractivity contribution in [3.8, 4) is 5.75 Å². The first-order chi connectivity index (χ1) is 9.97. The first-order valence-electron chi connectivity index (χ1n) is 6.00. The highest BCUT2D eigenvalue weighted by atomic mass is 32.2. The average Bonchev–Trinajstić information content (AvgIpc) is 2.95. The molecule has 0 bridgehead atoms. The van der Waals surface area contributed by atoms with Gasteiger partial charge in [0.1, 0.15) is 5.75 Å². The van der Waals surface area contributed by atoms with Crippen molar-refractivity contribution < 1.29 is 21.9 Å². The Balaban J connectivity index is 1.86. The number of H-pyrrole nitrogens is 1. The van der Waals surface area contributed by atoms with Gasteiger partial charge in [0.25, 0.3) is 10.0 Å². The number of rotatable bonds is 7. The molecule has 9 heteroatoms. The van der Waals surface area contributed by atoms with Crippen LogP contribution in [0, 0.1) is 0 Å². The molecule has 0 atom stereocenters. The van der Waals surface area contributed by atoms with E-state index in [1.165, 1.54) is 24.4 Å². The highest BCUT2D eigenvalue weighted by molar-refractivity contribution is 7.89. The van der Waals surface area contributed by atoms with Crippen molar-refractivity contribution >= 4 is 10.0 Å². The van der Waals surface area contributed by atoms with Gasteiger partial charge < -0.3 is 4.74 Å². The van der Waals surface area contributed by atoms with E-state index < -0.39 is 16.6 Å². The van der Waals surface area contributed by atoms with Gasteiger partial charge in [-0.1, -0.05) is 12.1 Å². The van der Waals surface area contributed by atoms with Crippen molar-refractivity contribution in [1.82, 2.24) is 14.9 Å². The fraction of sp³-hybridized carbons (Fsp3) is 0.250. The first kappa shape index (κ1) is 15.4. The maximum atomic E-state index is 12.0. The molecule has 0 fully saturated rings. The van der Waals surface area contributed by atoms with Crippen LogP contribution in [0.25, 0.3) is 0 Å². The summed E-state index contributed by atoms with van der Waals surface area (Å²) in [6, 6.07) is 7.36. The molecule has 0 spiro atoms. The minimum absolute atomic E-state index is 0.0109. The summed E-state index contributed by atoms with van der Waals surface area (Å²) in [6.45, 7) is -2.69. The second kappa shape index (κ2) is 6.64. The number of halogens is 2. The largest absolute Gasteiger partial charge is 0.435 e. The summed E-state index contributed by atoms with van der Waals surface area (Å²) in [5, 5.41) is 5.92. The summed E-state index contributed by atoms with van der Waals surface area (Å²) in [6.07, 6.45) is 1.76. The molecule has 0 saturated carbocycles. The predicted molar refractivity (Wildman–Crippen MR) is 70.6 cm³/mol. The number of aromatic amines is 1. The number of aromatic nitrogens is 2. The Hall–Kier alpha value is -2.00. The van der Waals surface area contributed by atoms with Gasteiger partial charge in [-0.3, -0.25) is 5.10 Å². The average molecular weight is 317 g/mol. The van der Waals surface area contributed by atoms with Gasteiger partial charge in [-0.05, 0) is 30.2 Å². The van der Waals surface area contributed by atoms with Gasteiger partial charge in [-0.15, -0.1) is 0 Å². The van der Waals surface area contributed by atoms with Crippen LogP contribution in [0.5, 0.6) is 5.75 Å². The van der Waals surface area contributed by atoms with Gasteiger partial charge >= 0.3 is 6.61 Å². The molecule has 6 nitrogen and oxygen atoms in total. The van der Waals surface area contributed by atoms with E-state index in [2.05, 4.69) is 19.7 Å². The van der Waals surface area contributed by atoms with Crippen molar-refractivity contribution in [1.29, 1.82) is 0 Å². The van der Waals surface area contributed by atoms with Crippen molar-refractivity contribution in [2.24, 2.45) is 0 Å². The number of nitrogens with zero attached hydrogens (tertiary/aromatic N) is 1. The van der Waals surface area contributed by atoms with E-state index in [1.54, 1.807) is 12.1 Å². The molecule has 0 aliphatic rings. The molecular formula is C12H13F2N3O3S. The Labute approximate surface area is 120 Å². The normalized spacial score (nSPS) is 11.8. The number of nitrogens with one attached hydrogen (secondary N) is 2. The zero-order chi connectivity index (χ0) is 15.3. The van der Waals surface area contributed by atoms with Crippen LogP contribution in [0.1, 0.15) is 5.56 Å². The van der Waals surface area contributed by atoms with E-state index in [0.717, 1.165) is 5.56 Å². The molecule has 0 radical (unpaired) electrons. The molecule has 2 N–H and O–H groups in total. The fourth-order valence-electron chi connectivity index (χ4n) is 1.64. The maximum absolute atomic E-state index is 12.0. The third kappa shape index (κ3) is 4.50. The lowest BCUT2D eigenvalue weighted by Gasteiger charge is -2.07. The molecular weight excluding hydrogens is 304 g/mol. The fourth-order valence-corrected chi connectivity index (χ4v) is 2.58. The Morgan fingerprint density at radius 3 is 2.52 bits per heavy atom. The van der Waals surface area contributed by atoms with Gasteiger partial charge in [-0.25, -0.2) is 13.1 Å². The smallest absolute Gasteiger partial charge is 0.387 e. The van der Waals surface area contributed by atoms with Crippen LogP contribution in [0.2, 0.25) is 0 Å². The van der Waals surface area contributed by atoms with Crippen LogP contribution < -0.4 is 9.46 Å². The third-order valence-electron chi connectivity index (χ3n) is 2.62. The van der Waals surface area contributed by atoms with E-state index in [1.807, 2.05) is 0 Å². The molecule has 1 heterocycles. The molecule has 21 heavy (non-hydrogen) atoms. The summed E-state index contributed by atoms with van der Waals surface area (Å²) in [7, 11) is -3.60. The topological polar surface area (TPSA) is 84.1 Å². The summed E-state index contributed by atoms with van der Waals surface area (Å²) >= 11 is 0. The van der Waals surface area contributed by atoms with Crippen molar-refractivity contribution in [2.75, 3.05) is 6.54 Å². The molecule has 1 aromatic heterocycles. The van der Waals surface area contributed by atoms with E-state index in [9.17, 15) is 17.2 Å². The van der Waals surface area contributed by atoms with E-state index >= 15 is 0 Å². The minimum Gasteiger partial charge on any atom is -0.435 e. The van der Waals surface area contributed by atoms with Crippen molar-refractivity contribution in [3.63, 3.8) is 0 Å². The molecule has 0 aliphatic heterocycles. The number of alkyl halides is 2. The highest BCUT2D eigenvalue weighted by Gasteiger charge is 2.14. The zero-order valence-electron chi connectivity index (χ0n) is 10.8. The third-order valence-corrected chi connectivity index (χ3v) is 4.01. The van der Waals surface area contributed by atoms with E-state index in [-0.39, 0.29) is 17.3 Å². The molecule has 0 unspecified atom stereocenters. The summed E-state index contributed by atoms with van der Waals surface area (Å²) < 4.78 is 54.1. The summed E-state index contributed by atoms with van der Waals surface area (Å²) in [5.41, 5.74) is 0.795. The quantitative estimate of drug-likeness (QED) is 0.811. The molecule has 2 aromatic rings. The molecule has 0 amide bonds. The number of ether oxygens (including phenoxy) is 1.